The van der Waals surface area contributed by atoms with E-state index in [1.54, 1.807) is 0 Å². The van der Waals surface area contributed by atoms with Gasteiger partial charge in [0, 0.05) is 46.4 Å². The van der Waals surface area contributed by atoms with E-state index in [9.17, 15) is 0 Å². The fourth-order valence-electron chi connectivity index (χ4n) is 2.10. The van der Waals surface area contributed by atoms with Crippen molar-refractivity contribution >= 4 is 39.7 Å². The molecule has 0 aliphatic carbocycles. The van der Waals surface area contributed by atoms with E-state index in [1.807, 2.05) is 11.3 Å². The highest BCUT2D eigenvalue weighted by Crippen LogP contribution is 2.23. The van der Waals surface area contributed by atoms with Crippen molar-refractivity contribution < 1.29 is 0 Å². The van der Waals surface area contributed by atoms with Crippen LogP contribution in [0.4, 0.5) is 0 Å². The first-order valence-corrected chi connectivity index (χ1v) is 7.03. The van der Waals surface area contributed by atoms with Gasteiger partial charge in [0.25, 0.3) is 0 Å². The largest absolute Gasteiger partial charge is 0.314 e. The summed E-state index contributed by atoms with van der Waals surface area (Å²) in [4.78, 5) is 4.02. The second-order valence-corrected chi connectivity index (χ2v) is 6.17. The van der Waals surface area contributed by atoms with Crippen molar-refractivity contribution in [1.82, 2.24) is 10.2 Å². The third-order valence-electron chi connectivity index (χ3n) is 2.97. The van der Waals surface area contributed by atoms with Crippen molar-refractivity contribution in [2.45, 2.75) is 32.5 Å². The number of hydrogen-bond acceptors (Lipinski definition) is 3. The molecule has 92 valence electrons. The Hall–Kier alpha value is 0.390. The van der Waals surface area contributed by atoms with Gasteiger partial charge in [0.05, 0.1) is 0 Å². The highest BCUT2D eigenvalue weighted by Gasteiger charge is 2.24. The van der Waals surface area contributed by atoms with Crippen molar-refractivity contribution in [3.8, 4) is 0 Å². The van der Waals surface area contributed by atoms with Gasteiger partial charge >= 0.3 is 0 Å². The quantitative estimate of drug-likeness (QED) is 0.899. The Balaban J connectivity index is 0.00000128. The summed E-state index contributed by atoms with van der Waals surface area (Å²) in [5, 5.41) is 5.62. The average molecular weight is 326 g/mol. The minimum Gasteiger partial charge on any atom is -0.314 e. The number of thiophene rings is 1. The summed E-state index contributed by atoms with van der Waals surface area (Å²) in [6, 6.07) is 3.50. The van der Waals surface area contributed by atoms with Crippen LogP contribution in [0.5, 0.6) is 0 Å². The fraction of sp³-hybridized carbons (Fsp3) is 0.636. The first kappa shape index (κ1) is 14.5. The Labute approximate surface area is 116 Å². The maximum Gasteiger partial charge on any atom is 0.0335 e. The molecule has 0 unspecified atom stereocenters. The molecule has 2 heterocycles. The summed E-state index contributed by atoms with van der Waals surface area (Å²) in [7, 11) is 0. The van der Waals surface area contributed by atoms with Gasteiger partial charge < -0.3 is 5.32 Å². The lowest BCUT2D eigenvalue weighted by Crippen LogP contribution is -2.54. The molecule has 0 bridgehead atoms. The number of nitrogens with zero attached hydrogens (tertiary/aromatic N) is 1. The van der Waals surface area contributed by atoms with E-state index in [2.05, 4.69) is 51.4 Å². The van der Waals surface area contributed by atoms with Crippen LogP contribution in [0, 0.1) is 0 Å². The Morgan fingerprint density at radius 1 is 1.44 bits per heavy atom. The monoisotopic (exact) mass is 324 g/mol. The second kappa shape index (κ2) is 6.36. The normalized spacial score (nSPS) is 26.4. The van der Waals surface area contributed by atoms with Gasteiger partial charge in [-0.1, -0.05) is 0 Å². The Kier molecular flexibility index (Phi) is 5.74. The molecular formula is C11H18BrClN2S. The minimum absolute atomic E-state index is 0. The van der Waals surface area contributed by atoms with Crippen molar-refractivity contribution in [3.05, 3.63) is 20.8 Å². The second-order valence-electron chi connectivity index (χ2n) is 4.26. The lowest BCUT2D eigenvalue weighted by Gasteiger charge is -2.39. The Morgan fingerprint density at radius 3 is 2.56 bits per heavy atom. The number of hydrogen-bond donors (Lipinski definition) is 1. The van der Waals surface area contributed by atoms with Crippen LogP contribution < -0.4 is 5.32 Å². The van der Waals surface area contributed by atoms with Crippen LogP contribution in [0.2, 0.25) is 0 Å². The zero-order chi connectivity index (χ0) is 10.8. The molecule has 0 aromatic carbocycles. The molecular weight excluding hydrogens is 308 g/mol. The van der Waals surface area contributed by atoms with Gasteiger partial charge in [-0.15, -0.1) is 23.7 Å². The lowest BCUT2D eigenvalue weighted by molar-refractivity contribution is 0.110. The number of rotatable bonds is 2. The zero-order valence-electron chi connectivity index (χ0n) is 9.57. The maximum atomic E-state index is 3.51. The minimum atomic E-state index is 0. The molecule has 1 aromatic heterocycles. The van der Waals surface area contributed by atoms with Crippen molar-refractivity contribution in [2.75, 3.05) is 13.1 Å². The first-order chi connectivity index (χ1) is 7.16. The number of piperazine rings is 1. The lowest BCUT2D eigenvalue weighted by atomic mass is 10.1. The predicted molar refractivity (Wildman–Crippen MR) is 76.6 cm³/mol. The molecule has 1 saturated heterocycles. The van der Waals surface area contributed by atoms with Gasteiger partial charge in [-0.2, -0.15) is 0 Å². The summed E-state index contributed by atoms with van der Waals surface area (Å²) in [6.07, 6.45) is 0. The number of halogens is 2. The highest BCUT2D eigenvalue weighted by atomic mass is 79.9. The van der Waals surface area contributed by atoms with Crippen LogP contribution >= 0.6 is 39.7 Å². The summed E-state index contributed by atoms with van der Waals surface area (Å²) in [5.74, 6) is 0. The smallest absolute Gasteiger partial charge is 0.0335 e. The highest BCUT2D eigenvalue weighted by molar-refractivity contribution is 9.10. The predicted octanol–water partition coefficient (Wildman–Crippen LogP) is 3.11. The molecule has 0 spiro atoms. The molecule has 1 N–H and O–H groups in total. The third-order valence-corrected chi connectivity index (χ3v) is 4.65. The molecule has 1 aliphatic rings. The standard InChI is InChI=1S/C11H17BrN2S.ClH/c1-8-4-13-5-9(2)14(8)6-11-3-10(12)7-15-11;/h3,7-9,13H,4-6H2,1-2H3;1H/t8-,9+;. The van der Waals surface area contributed by atoms with Gasteiger partial charge in [-0.3, -0.25) is 4.90 Å². The van der Waals surface area contributed by atoms with Crippen LogP contribution in [0.3, 0.4) is 0 Å². The van der Waals surface area contributed by atoms with Gasteiger partial charge in [0.15, 0.2) is 0 Å². The number of nitrogens with one attached hydrogen (secondary N) is 1. The molecule has 2 nitrogen and oxygen atoms in total. The Morgan fingerprint density at radius 2 is 2.06 bits per heavy atom. The van der Waals surface area contributed by atoms with Crippen molar-refractivity contribution in [1.29, 1.82) is 0 Å². The molecule has 5 heteroatoms. The summed E-state index contributed by atoms with van der Waals surface area (Å²) < 4.78 is 1.21. The van der Waals surface area contributed by atoms with E-state index in [-0.39, 0.29) is 12.4 Å². The summed E-state index contributed by atoms with van der Waals surface area (Å²) in [5.41, 5.74) is 0. The van der Waals surface area contributed by atoms with Crippen LogP contribution in [0.15, 0.2) is 15.9 Å². The molecule has 0 radical (unpaired) electrons. The summed E-state index contributed by atoms with van der Waals surface area (Å²) in [6.45, 7) is 7.89. The van der Waals surface area contributed by atoms with E-state index in [0.29, 0.717) is 12.1 Å². The van der Waals surface area contributed by atoms with Crippen LogP contribution in [0.1, 0.15) is 18.7 Å². The molecule has 1 aliphatic heterocycles. The van der Waals surface area contributed by atoms with Gasteiger partial charge in [-0.25, -0.2) is 0 Å². The van der Waals surface area contributed by atoms with E-state index in [4.69, 9.17) is 0 Å². The SMILES string of the molecule is C[C@@H]1CNC[C@H](C)N1Cc1cc(Br)cs1.Cl. The van der Waals surface area contributed by atoms with Crippen molar-refractivity contribution in [2.24, 2.45) is 0 Å². The van der Waals surface area contributed by atoms with Gasteiger partial charge in [-0.05, 0) is 35.8 Å². The third kappa shape index (κ3) is 3.44. The molecule has 0 saturated carbocycles. The Bertz CT molecular complexity index is 322. The van der Waals surface area contributed by atoms with E-state index >= 15 is 0 Å². The topological polar surface area (TPSA) is 15.3 Å². The summed E-state index contributed by atoms with van der Waals surface area (Å²) >= 11 is 5.35. The molecule has 1 fully saturated rings. The van der Waals surface area contributed by atoms with Crippen LogP contribution in [-0.4, -0.2) is 30.1 Å². The maximum absolute atomic E-state index is 3.51. The van der Waals surface area contributed by atoms with Crippen LogP contribution in [0.25, 0.3) is 0 Å². The molecule has 2 rings (SSSR count). The molecule has 1 aromatic rings. The molecule has 0 amide bonds. The van der Waals surface area contributed by atoms with E-state index < -0.39 is 0 Å². The average Bonchev–Trinajstić information content (AvgIpc) is 2.58. The van der Waals surface area contributed by atoms with Crippen molar-refractivity contribution in [3.63, 3.8) is 0 Å². The molecule has 16 heavy (non-hydrogen) atoms. The van der Waals surface area contributed by atoms with Crippen LogP contribution in [-0.2, 0) is 6.54 Å². The van der Waals surface area contributed by atoms with E-state index in [1.165, 1.54) is 9.35 Å². The van der Waals surface area contributed by atoms with Gasteiger partial charge in [0.2, 0.25) is 0 Å². The fourth-order valence-corrected chi connectivity index (χ4v) is 3.56. The van der Waals surface area contributed by atoms with Gasteiger partial charge in [0.1, 0.15) is 0 Å². The van der Waals surface area contributed by atoms with E-state index in [0.717, 1.165) is 19.6 Å². The molecule has 2 atom stereocenters. The first-order valence-electron chi connectivity index (χ1n) is 5.36. The zero-order valence-corrected chi connectivity index (χ0v) is 12.8.